The summed E-state index contributed by atoms with van der Waals surface area (Å²) in [6.07, 6.45) is 6.77. The normalized spacial score (nSPS) is 20.8. The fourth-order valence-electron chi connectivity index (χ4n) is 2.75. The number of hydrogen-bond donors (Lipinski definition) is 1. The van der Waals surface area contributed by atoms with Gasteiger partial charge in [0.2, 0.25) is 0 Å². The van der Waals surface area contributed by atoms with E-state index in [9.17, 15) is 9.50 Å². The van der Waals surface area contributed by atoms with Crippen LogP contribution in [0.3, 0.4) is 0 Å². The molecule has 0 fully saturated rings. The monoisotopic (exact) mass is 271 g/mol. The number of aliphatic hydroxyl groups is 1. The molecule has 1 aromatic rings. The van der Waals surface area contributed by atoms with Crippen molar-refractivity contribution in [3.05, 3.63) is 65.3 Å². The fourth-order valence-corrected chi connectivity index (χ4v) is 2.75. The molecule has 3 heteroatoms. The first kappa shape index (κ1) is 13.0. The Morgan fingerprint density at radius 1 is 1.20 bits per heavy atom. The maximum atomic E-state index is 13.1. The lowest BCUT2D eigenvalue weighted by Gasteiger charge is -2.37. The molecule has 1 aliphatic carbocycles. The first-order chi connectivity index (χ1) is 9.46. The number of anilines is 1. The van der Waals surface area contributed by atoms with Gasteiger partial charge >= 0.3 is 0 Å². The van der Waals surface area contributed by atoms with E-state index in [4.69, 9.17) is 0 Å². The van der Waals surface area contributed by atoms with Crippen molar-refractivity contribution in [3.8, 4) is 0 Å². The van der Waals surface area contributed by atoms with Crippen molar-refractivity contribution in [2.24, 2.45) is 5.41 Å². The first-order valence-corrected chi connectivity index (χ1v) is 6.81. The third kappa shape index (κ3) is 2.24. The van der Waals surface area contributed by atoms with Gasteiger partial charge in [0, 0.05) is 23.5 Å². The zero-order valence-electron chi connectivity index (χ0n) is 11.7. The van der Waals surface area contributed by atoms with Gasteiger partial charge in [-0.1, -0.05) is 26.0 Å². The predicted molar refractivity (Wildman–Crippen MR) is 79.0 cm³/mol. The van der Waals surface area contributed by atoms with E-state index in [1.54, 1.807) is 18.2 Å². The van der Waals surface area contributed by atoms with Crippen LogP contribution >= 0.6 is 0 Å². The molecule has 0 amide bonds. The molecule has 3 rings (SSSR count). The summed E-state index contributed by atoms with van der Waals surface area (Å²) in [5.41, 5.74) is 2.99. The van der Waals surface area contributed by atoms with Crippen LogP contribution in [0.15, 0.2) is 59.5 Å². The van der Waals surface area contributed by atoms with Crippen molar-refractivity contribution < 1.29 is 9.50 Å². The molecule has 0 atom stereocenters. The topological polar surface area (TPSA) is 23.5 Å². The summed E-state index contributed by atoms with van der Waals surface area (Å²) >= 11 is 0. The highest BCUT2D eigenvalue weighted by Gasteiger charge is 2.30. The number of halogens is 1. The van der Waals surface area contributed by atoms with Gasteiger partial charge in [0.05, 0.1) is 0 Å². The van der Waals surface area contributed by atoms with Crippen molar-refractivity contribution >= 4 is 5.69 Å². The molecule has 0 radical (unpaired) electrons. The van der Waals surface area contributed by atoms with Crippen LogP contribution < -0.4 is 4.90 Å². The smallest absolute Gasteiger partial charge is 0.123 e. The lowest BCUT2D eigenvalue weighted by atomic mass is 9.80. The van der Waals surface area contributed by atoms with Gasteiger partial charge in [-0.15, -0.1) is 0 Å². The Morgan fingerprint density at radius 2 is 1.90 bits per heavy atom. The summed E-state index contributed by atoms with van der Waals surface area (Å²) in [5.74, 6) is 0.104. The number of aliphatic hydroxyl groups excluding tert-OH is 1. The van der Waals surface area contributed by atoms with E-state index in [2.05, 4.69) is 24.8 Å². The van der Waals surface area contributed by atoms with Crippen molar-refractivity contribution in [1.29, 1.82) is 0 Å². The quantitative estimate of drug-likeness (QED) is 0.822. The van der Waals surface area contributed by atoms with Gasteiger partial charge in [-0.3, -0.25) is 0 Å². The van der Waals surface area contributed by atoms with Crippen LogP contribution in [0.4, 0.5) is 10.1 Å². The van der Waals surface area contributed by atoms with Crippen LogP contribution in [-0.4, -0.2) is 11.7 Å². The summed E-state index contributed by atoms with van der Waals surface area (Å²) in [6, 6.07) is 6.50. The number of benzene rings is 1. The molecule has 2 aliphatic rings. The van der Waals surface area contributed by atoms with Crippen molar-refractivity contribution in [1.82, 2.24) is 0 Å². The van der Waals surface area contributed by atoms with Gasteiger partial charge in [-0.2, -0.15) is 0 Å². The minimum absolute atomic E-state index is 0.0642. The molecular weight excluding hydrogens is 253 g/mol. The van der Waals surface area contributed by atoms with E-state index in [0.29, 0.717) is 12.3 Å². The Bertz CT molecular complexity index is 623. The van der Waals surface area contributed by atoms with Crippen LogP contribution in [0, 0.1) is 11.2 Å². The maximum absolute atomic E-state index is 13.1. The van der Waals surface area contributed by atoms with E-state index in [-0.39, 0.29) is 11.2 Å². The second kappa shape index (κ2) is 4.51. The number of rotatable bonds is 1. The Morgan fingerprint density at radius 3 is 2.60 bits per heavy atom. The molecular formula is C17H18FNO. The molecule has 1 heterocycles. The van der Waals surface area contributed by atoms with Crippen molar-refractivity contribution in [3.63, 3.8) is 0 Å². The van der Waals surface area contributed by atoms with E-state index < -0.39 is 0 Å². The minimum atomic E-state index is -0.234. The highest BCUT2D eigenvalue weighted by molar-refractivity contribution is 5.61. The van der Waals surface area contributed by atoms with Gasteiger partial charge in [-0.25, -0.2) is 4.39 Å². The van der Waals surface area contributed by atoms with Gasteiger partial charge in [0.1, 0.15) is 11.6 Å². The van der Waals surface area contributed by atoms with Crippen molar-refractivity contribution in [2.75, 3.05) is 11.4 Å². The van der Waals surface area contributed by atoms with Crippen LogP contribution in [0.1, 0.15) is 20.3 Å². The number of nitrogens with zero attached hydrogens (tertiary/aromatic N) is 1. The van der Waals surface area contributed by atoms with Gasteiger partial charge in [-0.05, 0) is 42.2 Å². The van der Waals surface area contributed by atoms with Crippen LogP contribution in [0.5, 0.6) is 0 Å². The van der Waals surface area contributed by atoms with E-state index in [0.717, 1.165) is 23.4 Å². The Kier molecular flexibility index (Phi) is 2.93. The average molecular weight is 271 g/mol. The second-order valence-electron chi connectivity index (χ2n) is 6.04. The van der Waals surface area contributed by atoms with Crippen LogP contribution in [-0.2, 0) is 0 Å². The largest absolute Gasteiger partial charge is 0.508 e. The molecule has 1 aromatic carbocycles. The Hall–Kier alpha value is -2.03. The average Bonchev–Trinajstić information content (AvgIpc) is 2.39. The number of allylic oxidation sites excluding steroid dienone is 3. The molecule has 0 saturated heterocycles. The molecule has 20 heavy (non-hydrogen) atoms. The fraction of sp³-hybridized carbons (Fsp3) is 0.294. The maximum Gasteiger partial charge on any atom is 0.123 e. The van der Waals surface area contributed by atoms with E-state index in [1.165, 1.54) is 12.1 Å². The molecule has 0 saturated carbocycles. The summed E-state index contributed by atoms with van der Waals surface area (Å²) in [5, 5.41) is 10.0. The van der Waals surface area contributed by atoms with Gasteiger partial charge in [0.15, 0.2) is 0 Å². The SMILES string of the molecule is CC1(C)C=CC2=C(C1)N(c1ccc(F)cc1)CC=C2O. The zero-order valence-corrected chi connectivity index (χ0v) is 11.7. The summed E-state index contributed by atoms with van der Waals surface area (Å²) in [6.45, 7) is 4.96. The molecule has 1 N–H and O–H groups in total. The first-order valence-electron chi connectivity index (χ1n) is 6.81. The molecule has 0 aromatic heterocycles. The Balaban J connectivity index is 2.03. The van der Waals surface area contributed by atoms with E-state index in [1.807, 2.05) is 6.08 Å². The lowest BCUT2D eigenvalue weighted by Crippen LogP contribution is -2.32. The highest BCUT2D eigenvalue weighted by atomic mass is 19.1. The molecule has 1 aliphatic heterocycles. The third-order valence-electron chi connectivity index (χ3n) is 3.84. The molecule has 0 spiro atoms. The summed E-state index contributed by atoms with van der Waals surface area (Å²) in [4.78, 5) is 2.14. The van der Waals surface area contributed by atoms with Crippen LogP contribution in [0.25, 0.3) is 0 Å². The van der Waals surface area contributed by atoms with Gasteiger partial charge in [0.25, 0.3) is 0 Å². The predicted octanol–water partition coefficient (Wildman–Crippen LogP) is 4.33. The highest BCUT2D eigenvalue weighted by Crippen LogP contribution is 2.40. The molecule has 0 unspecified atom stereocenters. The standard InChI is InChI=1S/C17H18FNO/c1-17(2)9-7-14-15(11-17)19(10-8-16(14)20)13-5-3-12(18)4-6-13/h3-9,20H,10-11H2,1-2H3. The Labute approximate surface area is 118 Å². The second-order valence-corrected chi connectivity index (χ2v) is 6.04. The van der Waals surface area contributed by atoms with Crippen molar-refractivity contribution in [2.45, 2.75) is 20.3 Å². The third-order valence-corrected chi connectivity index (χ3v) is 3.84. The van der Waals surface area contributed by atoms with Crippen LogP contribution in [0.2, 0.25) is 0 Å². The molecule has 104 valence electrons. The molecule has 0 bridgehead atoms. The number of hydrogen-bond acceptors (Lipinski definition) is 2. The lowest BCUT2D eigenvalue weighted by molar-refractivity contribution is 0.405. The molecule has 2 nitrogen and oxygen atoms in total. The summed E-state index contributed by atoms with van der Waals surface area (Å²) in [7, 11) is 0. The van der Waals surface area contributed by atoms with E-state index >= 15 is 0 Å². The summed E-state index contributed by atoms with van der Waals surface area (Å²) < 4.78 is 13.1. The minimum Gasteiger partial charge on any atom is -0.508 e. The van der Waals surface area contributed by atoms with Gasteiger partial charge < -0.3 is 10.0 Å². The zero-order chi connectivity index (χ0) is 14.3.